The molecule has 0 unspecified atom stereocenters. The lowest BCUT2D eigenvalue weighted by atomic mass is 9.62. The van der Waals surface area contributed by atoms with Gasteiger partial charge in [0.2, 0.25) is 0 Å². The topological polar surface area (TPSA) is 29.5 Å². The third kappa shape index (κ3) is 10.1. The molecule has 2 heterocycles. The molecule has 10 aromatic carbocycles. The highest BCUT2D eigenvalue weighted by atomic mass is 16.3. The molecule has 0 N–H and O–H groups in total. The Bertz CT molecular complexity index is 5220. The molecule has 5 aliphatic rings. The number of para-hydroxylation sites is 2. The van der Waals surface area contributed by atoms with Crippen molar-refractivity contribution >= 4 is 60.9 Å². The molecule has 0 amide bonds. The van der Waals surface area contributed by atoms with Crippen LogP contribution in [0.5, 0.6) is 0 Å². The van der Waals surface area contributed by atoms with E-state index in [1.54, 1.807) is 16.7 Å². The minimum absolute atomic E-state index is 0.147. The van der Waals surface area contributed by atoms with Crippen molar-refractivity contribution in [1.29, 1.82) is 0 Å². The molecule has 2 aromatic heterocycles. The number of benzene rings is 10. The van der Waals surface area contributed by atoms with Crippen molar-refractivity contribution < 1.29 is 8.83 Å². The van der Waals surface area contributed by atoms with Gasteiger partial charge in [-0.1, -0.05) is 313 Å². The molecule has 0 spiro atoms. The van der Waals surface area contributed by atoms with E-state index in [4.69, 9.17) is 8.83 Å². The smallest absolute Gasteiger partial charge is 0.144 e. The third-order valence-electron chi connectivity index (χ3n) is 26.4. The van der Waals surface area contributed by atoms with E-state index < -0.39 is 0 Å². The maximum absolute atomic E-state index is 7.70. The maximum Gasteiger partial charge on any atom is 0.144 e. The lowest BCUT2D eigenvalue weighted by Gasteiger charge is -2.40. The molecule has 0 bridgehead atoms. The average Bonchev–Trinajstić information content (AvgIpc) is 1.51. The molecule has 0 fully saturated rings. The van der Waals surface area contributed by atoms with Crippen molar-refractivity contribution in [1.82, 2.24) is 0 Å². The van der Waals surface area contributed by atoms with Crippen LogP contribution in [0, 0.1) is 0 Å². The van der Waals surface area contributed by atoms with Crippen LogP contribution in [-0.4, -0.2) is 0 Å². The molecule has 0 atom stereocenters. The van der Waals surface area contributed by atoms with Crippen LogP contribution < -0.4 is 4.90 Å². The van der Waals surface area contributed by atoms with E-state index in [9.17, 15) is 0 Å². The summed E-state index contributed by atoms with van der Waals surface area (Å²) < 4.78 is 14.3. The lowest BCUT2D eigenvalue weighted by Crippen LogP contribution is -2.33. The summed E-state index contributed by atoms with van der Waals surface area (Å²) in [5.41, 5.74) is 35.2. The van der Waals surface area contributed by atoms with Gasteiger partial charge in [-0.3, -0.25) is 0 Å². The summed E-state index contributed by atoms with van der Waals surface area (Å²) in [6, 6.07) is 69.6. The second kappa shape index (κ2) is 26.1. The molecule has 3 heteroatoms. The highest BCUT2D eigenvalue weighted by Crippen LogP contribution is 2.69. The fraction of sp³-hybridized carbons (Fsp3) is 0.394. The summed E-state index contributed by atoms with van der Waals surface area (Å²) >= 11 is 0. The third-order valence-corrected chi connectivity index (χ3v) is 26.4. The number of fused-ring (bicyclic) bond motifs is 25. The molecule has 5 aliphatic carbocycles. The zero-order valence-electron chi connectivity index (χ0n) is 63.0. The first-order chi connectivity index (χ1) is 49.7. The summed E-state index contributed by atoms with van der Waals surface area (Å²) in [7, 11) is 0. The Balaban J connectivity index is 0.916. The molecule has 0 saturated heterocycles. The number of hydrogen-bond donors (Lipinski definition) is 0. The SMILES string of the molecule is CCCCCCCC1(CCCCCCC)c2cc(N(c3ccc4c(c3)C(C)(C)c3cc5c(cc3-4)C(C)(C)c3ccc4oc6ccccc6c4c3-5)c3cccc4c3-c3ccccc3C4(C)C)ccc2-c2c1c1c(c3c2oc2ccccc23)-c2ccccc2C1(CCCCCCC)CCCCCCC. The Kier molecular flexibility index (Phi) is 17.1. The lowest BCUT2D eigenvalue weighted by molar-refractivity contribution is 0.369. The van der Waals surface area contributed by atoms with Crippen LogP contribution in [0.1, 0.15) is 279 Å². The van der Waals surface area contributed by atoms with Crippen LogP contribution in [-0.2, 0) is 27.1 Å². The van der Waals surface area contributed by atoms with Crippen LogP contribution in [0.2, 0.25) is 0 Å². The minimum atomic E-state index is -0.313. The van der Waals surface area contributed by atoms with E-state index >= 15 is 0 Å². The average molecular weight is 1340 g/mol. The van der Waals surface area contributed by atoms with Crippen molar-refractivity contribution in [3.05, 3.63) is 232 Å². The molecular formula is C99H107NO2. The normalized spacial score (nSPS) is 15.9. The zero-order chi connectivity index (χ0) is 69.9. The summed E-state index contributed by atoms with van der Waals surface area (Å²) in [6.45, 7) is 24.3. The molecule has 0 saturated carbocycles. The van der Waals surface area contributed by atoms with Crippen molar-refractivity contribution in [2.75, 3.05) is 4.90 Å². The van der Waals surface area contributed by atoms with Crippen molar-refractivity contribution in [3.8, 4) is 55.6 Å². The quantitative estimate of drug-likeness (QED) is 0.0481. The summed E-state index contributed by atoms with van der Waals surface area (Å²) in [4.78, 5) is 2.74. The van der Waals surface area contributed by atoms with Crippen LogP contribution in [0.25, 0.3) is 99.5 Å². The Morgan fingerprint density at radius 3 is 1.35 bits per heavy atom. The zero-order valence-corrected chi connectivity index (χ0v) is 63.0. The van der Waals surface area contributed by atoms with Gasteiger partial charge in [-0.2, -0.15) is 0 Å². The molecule has 0 radical (unpaired) electrons. The summed E-state index contributed by atoms with van der Waals surface area (Å²) in [6.07, 6.45) is 29.8. The maximum atomic E-state index is 7.70. The van der Waals surface area contributed by atoms with E-state index in [-0.39, 0.29) is 27.1 Å². The Morgan fingerprint density at radius 2 is 0.725 bits per heavy atom. The van der Waals surface area contributed by atoms with Crippen LogP contribution >= 0.6 is 0 Å². The molecule has 0 aliphatic heterocycles. The van der Waals surface area contributed by atoms with E-state index in [1.807, 2.05) is 0 Å². The number of furan rings is 2. The van der Waals surface area contributed by atoms with Gasteiger partial charge < -0.3 is 13.7 Å². The van der Waals surface area contributed by atoms with E-state index in [1.165, 1.54) is 274 Å². The van der Waals surface area contributed by atoms with Crippen molar-refractivity contribution in [2.45, 2.75) is 250 Å². The molecular weight excluding hydrogens is 1240 g/mol. The van der Waals surface area contributed by atoms with Gasteiger partial charge in [-0.25, -0.2) is 0 Å². The first-order valence-corrected chi connectivity index (χ1v) is 40.3. The van der Waals surface area contributed by atoms with Crippen molar-refractivity contribution in [3.63, 3.8) is 0 Å². The van der Waals surface area contributed by atoms with Gasteiger partial charge >= 0.3 is 0 Å². The Labute approximate surface area is 608 Å². The number of hydrogen-bond acceptors (Lipinski definition) is 3. The summed E-state index contributed by atoms with van der Waals surface area (Å²) in [5, 5.41) is 5.03. The standard InChI is InChI=1S/C99H107NO2/c1-11-15-19-23-35-56-98(57-36-24-20-16-12-2)75-45-32-28-41-68(75)89-90-71-43-30-34-49-84(71)102-94(90)91-69-53-51-65(61-81(69)99(93(91)92(89)98,58-37-25-21-17-13-3)59-38-26-22-18-14-4)100(82-47-39-46-76-86(82)67-40-27-31-44-74(67)95(76,5)6)64-50-52-66-72-62-80-73(63-79(72)97(9,10)78(66)60-64)87-77(96(80,7)8)54-55-85-88(87)70-42-29-33-48-83(70)101-85/h27-34,39-55,60-63H,11-26,35-38,56-59H2,1-10H3. The second-order valence-electron chi connectivity index (χ2n) is 33.5. The van der Waals surface area contributed by atoms with E-state index in [0.717, 1.165) is 35.2 Å². The van der Waals surface area contributed by atoms with Gasteiger partial charge in [-0.15, -0.1) is 0 Å². The van der Waals surface area contributed by atoms with Crippen LogP contribution in [0.3, 0.4) is 0 Å². The Hall–Kier alpha value is -8.40. The largest absolute Gasteiger partial charge is 0.456 e. The van der Waals surface area contributed by atoms with Crippen LogP contribution in [0.4, 0.5) is 17.1 Å². The number of anilines is 3. The first kappa shape index (κ1) is 66.8. The van der Waals surface area contributed by atoms with Crippen LogP contribution in [0.15, 0.2) is 185 Å². The highest BCUT2D eigenvalue weighted by molar-refractivity contribution is 6.21. The minimum Gasteiger partial charge on any atom is -0.456 e. The molecule has 12 aromatic rings. The van der Waals surface area contributed by atoms with Crippen molar-refractivity contribution in [2.24, 2.45) is 0 Å². The number of unbranched alkanes of at least 4 members (excludes halogenated alkanes) is 16. The Morgan fingerprint density at radius 1 is 0.284 bits per heavy atom. The molecule has 17 rings (SSSR count). The predicted molar refractivity (Wildman–Crippen MR) is 434 cm³/mol. The molecule has 520 valence electrons. The van der Waals surface area contributed by atoms with Gasteiger partial charge in [-0.05, 0) is 186 Å². The van der Waals surface area contributed by atoms with Gasteiger partial charge in [0.1, 0.15) is 22.3 Å². The van der Waals surface area contributed by atoms with Gasteiger partial charge in [0.15, 0.2) is 0 Å². The molecule has 3 nitrogen and oxygen atoms in total. The fourth-order valence-electron chi connectivity index (χ4n) is 21.3. The molecule has 102 heavy (non-hydrogen) atoms. The highest BCUT2D eigenvalue weighted by Gasteiger charge is 2.55. The van der Waals surface area contributed by atoms with E-state index in [2.05, 4.69) is 250 Å². The number of nitrogens with zero attached hydrogens (tertiary/aromatic N) is 1. The van der Waals surface area contributed by atoms with E-state index in [0.29, 0.717) is 0 Å². The first-order valence-electron chi connectivity index (χ1n) is 40.3. The van der Waals surface area contributed by atoms with Gasteiger partial charge in [0.25, 0.3) is 0 Å². The van der Waals surface area contributed by atoms with Gasteiger partial charge in [0.05, 0.1) is 5.69 Å². The predicted octanol–water partition coefficient (Wildman–Crippen LogP) is 29.8. The van der Waals surface area contributed by atoms with Gasteiger partial charge in [0, 0.05) is 71.1 Å². The number of rotatable bonds is 27. The second-order valence-corrected chi connectivity index (χ2v) is 33.5. The summed E-state index contributed by atoms with van der Waals surface area (Å²) in [5.74, 6) is 0. The fourth-order valence-corrected chi connectivity index (χ4v) is 21.3. The monoisotopic (exact) mass is 1340 g/mol.